The minimum absolute atomic E-state index is 0.0975. The SMILES string of the molecule is CCOC(=O)CC1c2cc3cc(I)ccc3n2C(=C=O)N1OC. The van der Waals surface area contributed by atoms with Crippen LogP contribution in [0.2, 0.25) is 0 Å². The molecule has 1 aromatic heterocycles. The second kappa shape index (κ2) is 6.35. The molecule has 0 bridgehead atoms. The maximum Gasteiger partial charge on any atom is 0.308 e. The molecule has 0 amide bonds. The number of esters is 1. The Balaban J connectivity index is 2.13. The quantitative estimate of drug-likeness (QED) is 0.428. The fourth-order valence-corrected chi connectivity index (χ4v) is 3.44. The highest BCUT2D eigenvalue weighted by Gasteiger charge is 2.38. The molecule has 3 rings (SSSR count). The van der Waals surface area contributed by atoms with E-state index in [0.29, 0.717) is 6.61 Å². The Kier molecular flexibility index (Phi) is 4.43. The molecule has 7 heteroatoms. The minimum Gasteiger partial charge on any atom is -0.466 e. The summed E-state index contributed by atoms with van der Waals surface area (Å²) in [7, 11) is 1.47. The molecule has 0 fully saturated rings. The average molecular weight is 426 g/mol. The third-order valence-corrected chi connectivity index (χ3v) is 4.46. The molecule has 0 aliphatic carbocycles. The van der Waals surface area contributed by atoms with Gasteiger partial charge in [0.25, 0.3) is 0 Å². The normalized spacial score (nSPS) is 16.6. The first-order chi connectivity index (χ1) is 11.1. The van der Waals surface area contributed by atoms with Crippen molar-refractivity contribution < 1.29 is 19.2 Å². The molecular weight excluding hydrogens is 411 g/mol. The van der Waals surface area contributed by atoms with E-state index in [2.05, 4.69) is 22.6 Å². The zero-order chi connectivity index (χ0) is 16.6. The molecule has 1 unspecified atom stereocenters. The molecular formula is C16H15IN2O4. The summed E-state index contributed by atoms with van der Waals surface area (Å²) >= 11 is 2.24. The number of halogens is 1. The Morgan fingerprint density at radius 2 is 2.17 bits per heavy atom. The van der Waals surface area contributed by atoms with Gasteiger partial charge in [-0.25, -0.2) is 9.86 Å². The van der Waals surface area contributed by atoms with Gasteiger partial charge in [-0.05, 0) is 53.8 Å². The number of nitrogens with zero attached hydrogens (tertiary/aromatic N) is 2. The van der Waals surface area contributed by atoms with Crippen LogP contribution in [0.15, 0.2) is 24.3 Å². The molecule has 1 atom stereocenters. The first-order valence-electron chi connectivity index (χ1n) is 7.16. The number of aromatic nitrogens is 1. The Morgan fingerprint density at radius 1 is 1.39 bits per heavy atom. The summed E-state index contributed by atoms with van der Waals surface area (Å²) in [5.41, 5.74) is 1.70. The van der Waals surface area contributed by atoms with Crippen LogP contribution < -0.4 is 0 Å². The standard InChI is InChI=1S/C16H15IN2O4/c1-3-23-16(21)8-14-13-7-10-6-11(17)4-5-12(10)18(13)15(9-20)19(14)22-2/h4-7,14H,3,8H2,1-2H3. The highest BCUT2D eigenvalue weighted by molar-refractivity contribution is 14.1. The Labute approximate surface area is 146 Å². The van der Waals surface area contributed by atoms with Crippen molar-refractivity contribution >= 4 is 51.2 Å². The fourth-order valence-electron chi connectivity index (χ4n) is 2.93. The monoisotopic (exact) mass is 426 g/mol. The zero-order valence-corrected chi connectivity index (χ0v) is 14.9. The van der Waals surface area contributed by atoms with Gasteiger partial charge < -0.3 is 4.74 Å². The van der Waals surface area contributed by atoms with E-state index in [4.69, 9.17) is 9.57 Å². The van der Waals surface area contributed by atoms with Crippen molar-refractivity contribution in [1.82, 2.24) is 9.63 Å². The largest absolute Gasteiger partial charge is 0.466 e. The number of carbonyl (C=O) groups excluding carboxylic acids is 2. The summed E-state index contributed by atoms with van der Waals surface area (Å²) in [6, 6.07) is 7.49. The summed E-state index contributed by atoms with van der Waals surface area (Å²) in [4.78, 5) is 28.7. The van der Waals surface area contributed by atoms with E-state index in [1.165, 1.54) is 12.2 Å². The third-order valence-electron chi connectivity index (χ3n) is 3.79. The molecule has 0 N–H and O–H groups in total. The molecule has 1 aromatic carbocycles. The summed E-state index contributed by atoms with van der Waals surface area (Å²) in [6.07, 6.45) is 0.0975. The van der Waals surface area contributed by atoms with Gasteiger partial charge in [-0.3, -0.25) is 14.2 Å². The van der Waals surface area contributed by atoms with Gasteiger partial charge in [0, 0.05) is 8.96 Å². The molecule has 1 aliphatic rings. The number of hydrogen-bond donors (Lipinski definition) is 0. The van der Waals surface area contributed by atoms with Gasteiger partial charge in [-0.15, -0.1) is 0 Å². The van der Waals surface area contributed by atoms with E-state index < -0.39 is 6.04 Å². The van der Waals surface area contributed by atoms with Gasteiger partial charge >= 0.3 is 5.97 Å². The van der Waals surface area contributed by atoms with Crippen molar-refractivity contribution in [2.45, 2.75) is 19.4 Å². The molecule has 0 spiro atoms. The van der Waals surface area contributed by atoms with Gasteiger partial charge in [0.1, 0.15) is 6.04 Å². The van der Waals surface area contributed by atoms with Crippen LogP contribution in [0.5, 0.6) is 0 Å². The van der Waals surface area contributed by atoms with Crippen LogP contribution in [-0.2, 0) is 19.2 Å². The lowest BCUT2D eigenvalue weighted by Gasteiger charge is -2.22. The zero-order valence-electron chi connectivity index (χ0n) is 12.7. The molecule has 2 heterocycles. The number of benzene rings is 1. The minimum atomic E-state index is -0.416. The summed E-state index contributed by atoms with van der Waals surface area (Å²) in [5, 5.41) is 2.42. The van der Waals surface area contributed by atoms with Gasteiger partial charge in [0.15, 0.2) is 5.94 Å². The molecule has 1 aliphatic heterocycles. The Hall–Kier alpha value is -1.83. The molecule has 6 nitrogen and oxygen atoms in total. The van der Waals surface area contributed by atoms with Crippen LogP contribution in [0, 0.1) is 3.57 Å². The Bertz CT molecular complexity index is 823. The summed E-state index contributed by atoms with van der Waals surface area (Å²) < 4.78 is 7.92. The first kappa shape index (κ1) is 16.0. The smallest absolute Gasteiger partial charge is 0.308 e. The molecule has 2 aromatic rings. The Morgan fingerprint density at radius 3 is 2.83 bits per heavy atom. The van der Waals surface area contributed by atoms with E-state index in [0.717, 1.165) is 20.2 Å². The number of ether oxygens (including phenoxy) is 1. The molecule has 0 saturated heterocycles. The van der Waals surface area contributed by atoms with Crippen molar-refractivity contribution in [2.24, 2.45) is 0 Å². The summed E-state index contributed by atoms with van der Waals surface area (Å²) in [6.45, 7) is 2.08. The fraction of sp³-hybridized carbons (Fsp3) is 0.312. The van der Waals surface area contributed by atoms with Crippen LogP contribution in [-0.4, -0.2) is 35.3 Å². The third kappa shape index (κ3) is 2.65. The van der Waals surface area contributed by atoms with Crippen molar-refractivity contribution in [1.29, 1.82) is 0 Å². The molecule has 120 valence electrons. The first-order valence-corrected chi connectivity index (χ1v) is 8.24. The van der Waals surface area contributed by atoms with Crippen LogP contribution in [0.3, 0.4) is 0 Å². The maximum atomic E-state index is 11.9. The highest BCUT2D eigenvalue weighted by atomic mass is 127. The second-order valence-electron chi connectivity index (χ2n) is 5.07. The number of hydroxylamine groups is 2. The van der Waals surface area contributed by atoms with E-state index in [1.54, 1.807) is 11.5 Å². The van der Waals surface area contributed by atoms with Gasteiger partial charge in [0.05, 0.1) is 31.3 Å². The van der Waals surface area contributed by atoms with Crippen LogP contribution in [0.25, 0.3) is 16.7 Å². The second-order valence-corrected chi connectivity index (χ2v) is 6.31. The molecule has 0 radical (unpaired) electrons. The average Bonchev–Trinajstić information content (AvgIpc) is 3.01. The number of rotatable bonds is 4. The molecule has 23 heavy (non-hydrogen) atoms. The predicted octanol–water partition coefficient (Wildman–Crippen LogP) is 2.75. The number of carbonyl (C=O) groups is 1. The number of fused-ring (bicyclic) bond motifs is 3. The number of hydrogen-bond acceptors (Lipinski definition) is 5. The van der Waals surface area contributed by atoms with Crippen molar-refractivity contribution in [2.75, 3.05) is 13.7 Å². The lowest BCUT2D eigenvalue weighted by molar-refractivity contribution is -0.151. The van der Waals surface area contributed by atoms with E-state index in [1.807, 2.05) is 30.2 Å². The maximum absolute atomic E-state index is 11.9. The van der Waals surface area contributed by atoms with Gasteiger partial charge in [-0.2, -0.15) is 0 Å². The van der Waals surface area contributed by atoms with Gasteiger partial charge in [0.2, 0.25) is 5.82 Å². The van der Waals surface area contributed by atoms with Crippen LogP contribution >= 0.6 is 22.6 Å². The van der Waals surface area contributed by atoms with Gasteiger partial charge in [-0.1, -0.05) is 0 Å². The lowest BCUT2D eigenvalue weighted by atomic mass is 10.1. The van der Waals surface area contributed by atoms with Crippen molar-refractivity contribution in [3.63, 3.8) is 0 Å². The molecule has 0 saturated carbocycles. The topological polar surface area (TPSA) is 60.8 Å². The highest BCUT2D eigenvalue weighted by Crippen LogP contribution is 2.41. The van der Waals surface area contributed by atoms with E-state index >= 15 is 0 Å². The van der Waals surface area contributed by atoms with Crippen molar-refractivity contribution in [3.8, 4) is 0 Å². The van der Waals surface area contributed by atoms with Crippen LogP contribution in [0.4, 0.5) is 0 Å². The van der Waals surface area contributed by atoms with E-state index in [9.17, 15) is 9.59 Å². The summed E-state index contributed by atoms with van der Waals surface area (Å²) in [5.74, 6) is 1.83. The van der Waals surface area contributed by atoms with E-state index in [-0.39, 0.29) is 18.2 Å². The lowest BCUT2D eigenvalue weighted by Crippen LogP contribution is -2.24. The predicted molar refractivity (Wildman–Crippen MR) is 92.9 cm³/mol. The van der Waals surface area contributed by atoms with Crippen LogP contribution in [0.1, 0.15) is 25.1 Å². The van der Waals surface area contributed by atoms with Crippen molar-refractivity contribution in [3.05, 3.63) is 33.5 Å².